The molecule has 4 rings (SSSR count). The zero-order valence-electron chi connectivity index (χ0n) is 15.4. The van der Waals surface area contributed by atoms with Crippen LogP contribution in [-0.2, 0) is 6.42 Å². The number of rotatable bonds is 2. The summed E-state index contributed by atoms with van der Waals surface area (Å²) < 4.78 is 1.70. The molecule has 0 fully saturated rings. The Morgan fingerprint density at radius 3 is 2.78 bits per heavy atom. The number of anilines is 1. The van der Waals surface area contributed by atoms with Gasteiger partial charge in [-0.1, -0.05) is 6.07 Å². The van der Waals surface area contributed by atoms with Crippen LogP contribution in [0.3, 0.4) is 0 Å². The predicted octanol–water partition coefficient (Wildman–Crippen LogP) is 2.42. The smallest absolute Gasteiger partial charge is 0.255 e. The van der Waals surface area contributed by atoms with Gasteiger partial charge in [-0.15, -0.1) is 0 Å². The summed E-state index contributed by atoms with van der Waals surface area (Å²) in [6.45, 7) is 5.61. The van der Waals surface area contributed by atoms with E-state index < -0.39 is 0 Å². The number of hydrogen-bond donors (Lipinski definition) is 3. The lowest BCUT2D eigenvalue weighted by Gasteiger charge is -2.16. The maximum atomic E-state index is 12.7. The molecule has 0 saturated heterocycles. The van der Waals surface area contributed by atoms with Gasteiger partial charge in [0.25, 0.3) is 5.91 Å². The Labute approximate surface area is 155 Å². The van der Waals surface area contributed by atoms with E-state index in [9.17, 15) is 14.7 Å². The van der Waals surface area contributed by atoms with Crippen LogP contribution in [0.15, 0.2) is 18.3 Å². The molecule has 0 unspecified atom stereocenters. The SMILES string of the molecule is CC(=O)c1cnc2c3c1CCNC(=O)c3c(N)n2-c1c(C)ccc(O)c1C. The highest BCUT2D eigenvalue weighted by Crippen LogP contribution is 2.38. The van der Waals surface area contributed by atoms with Gasteiger partial charge in [-0.25, -0.2) is 4.98 Å². The molecule has 1 amide bonds. The van der Waals surface area contributed by atoms with Gasteiger partial charge in [0, 0.05) is 29.3 Å². The van der Waals surface area contributed by atoms with Gasteiger partial charge in [0.05, 0.1) is 11.3 Å². The number of nitrogens with two attached hydrogens (primary N) is 1. The maximum absolute atomic E-state index is 12.7. The average molecular weight is 364 g/mol. The number of phenolic OH excluding ortho intramolecular Hbond substituents is 1. The van der Waals surface area contributed by atoms with Crippen LogP contribution in [0.5, 0.6) is 5.75 Å². The topological polar surface area (TPSA) is 110 Å². The molecule has 0 aliphatic carbocycles. The van der Waals surface area contributed by atoms with Gasteiger partial charge in [-0.2, -0.15) is 0 Å². The van der Waals surface area contributed by atoms with Crippen molar-refractivity contribution in [2.45, 2.75) is 27.2 Å². The quantitative estimate of drug-likeness (QED) is 0.605. The first-order valence-corrected chi connectivity index (χ1v) is 8.73. The van der Waals surface area contributed by atoms with Gasteiger partial charge in [0.2, 0.25) is 0 Å². The molecule has 2 aromatic heterocycles. The summed E-state index contributed by atoms with van der Waals surface area (Å²) in [7, 11) is 0. The second-order valence-corrected chi connectivity index (χ2v) is 6.88. The zero-order chi connectivity index (χ0) is 19.5. The number of pyridine rings is 1. The van der Waals surface area contributed by atoms with Crippen molar-refractivity contribution >= 4 is 28.5 Å². The third-order valence-corrected chi connectivity index (χ3v) is 5.22. The van der Waals surface area contributed by atoms with Crippen LogP contribution in [0.1, 0.15) is 44.3 Å². The van der Waals surface area contributed by atoms with Crippen LogP contribution in [0.25, 0.3) is 16.7 Å². The summed E-state index contributed by atoms with van der Waals surface area (Å²) >= 11 is 0. The van der Waals surface area contributed by atoms with Crippen molar-refractivity contribution in [3.63, 3.8) is 0 Å². The van der Waals surface area contributed by atoms with Crippen molar-refractivity contribution in [3.8, 4) is 11.4 Å². The highest BCUT2D eigenvalue weighted by atomic mass is 16.3. The minimum Gasteiger partial charge on any atom is -0.508 e. The largest absolute Gasteiger partial charge is 0.508 e. The van der Waals surface area contributed by atoms with Gasteiger partial charge >= 0.3 is 0 Å². The van der Waals surface area contributed by atoms with Crippen molar-refractivity contribution in [1.29, 1.82) is 0 Å². The molecular formula is C20H20N4O3. The zero-order valence-corrected chi connectivity index (χ0v) is 15.4. The molecule has 3 heterocycles. The van der Waals surface area contributed by atoms with Crippen molar-refractivity contribution < 1.29 is 14.7 Å². The minimum absolute atomic E-state index is 0.101. The van der Waals surface area contributed by atoms with E-state index in [4.69, 9.17) is 5.73 Å². The summed E-state index contributed by atoms with van der Waals surface area (Å²) in [4.78, 5) is 29.3. The number of aromatic nitrogens is 2. The number of nitrogens with one attached hydrogen (secondary N) is 1. The van der Waals surface area contributed by atoms with Crippen molar-refractivity contribution in [3.05, 3.63) is 46.1 Å². The van der Waals surface area contributed by atoms with E-state index in [1.54, 1.807) is 29.8 Å². The van der Waals surface area contributed by atoms with E-state index >= 15 is 0 Å². The van der Waals surface area contributed by atoms with Gasteiger partial charge < -0.3 is 16.2 Å². The van der Waals surface area contributed by atoms with E-state index in [0.29, 0.717) is 46.4 Å². The fourth-order valence-electron chi connectivity index (χ4n) is 3.90. The summed E-state index contributed by atoms with van der Waals surface area (Å²) in [5.74, 6) is -0.00474. The Morgan fingerprint density at radius 1 is 1.33 bits per heavy atom. The standard InChI is InChI=1S/C20H20N4O3/c1-9-4-5-14(26)10(2)17(9)24-18(21)16-15-12(6-7-22-20(16)27)13(11(3)25)8-23-19(15)24/h4-5,8,26H,6-7,21H2,1-3H3,(H,22,27). The molecule has 0 saturated carbocycles. The van der Waals surface area contributed by atoms with Crippen LogP contribution in [0.4, 0.5) is 5.82 Å². The van der Waals surface area contributed by atoms with E-state index in [2.05, 4.69) is 10.3 Å². The first-order chi connectivity index (χ1) is 12.8. The fraction of sp³-hybridized carbons (Fsp3) is 0.250. The molecule has 7 heteroatoms. The number of Topliss-reactive ketones (excluding diaryl/α,β-unsaturated/α-hetero) is 1. The van der Waals surface area contributed by atoms with Crippen molar-refractivity contribution in [2.75, 3.05) is 12.3 Å². The number of hydrogen-bond acceptors (Lipinski definition) is 5. The van der Waals surface area contributed by atoms with Crippen LogP contribution in [-0.4, -0.2) is 32.9 Å². The van der Waals surface area contributed by atoms with E-state index in [-0.39, 0.29) is 23.3 Å². The molecule has 0 spiro atoms. The highest BCUT2D eigenvalue weighted by molar-refractivity contribution is 6.15. The number of aromatic hydroxyl groups is 1. The molecule has 1 aliphatic rings. The van der Waals surface area contributed by atoms with E-state index in [1.807, 2.05) is 6.92 Å². The van der Waals surface area contributed by atoms with E-state index in [0.717, 1.165) is 11.1 Å². The molecule has 7 nitrogen and oxygen atoms in total. The summed E-state index contributed by atoms with van der Waals surface area (Å²) in [5, 5.41) is 13.6. The summed E-state index contributed by atoms with van der Waals surface area (Å²) in [5.41, 5.74) is 10.8. The van der Waals surface area contributed by atoms with Crippen molar-refractivity contribution in [1.82, 2.24) is 14.9 Å². The van der Waals surface area contributed by atoms with Crippen molar-refractivity contribution in [2.24, 2.45) is 0 Å². The van der Waals surface area contributed by atoms with Gasteiger partial charge in [-0.05, 0) is 44.4 Å². The Balaban J connectivity index is 2.21. The average Bonchev–Trinajstić information content (AvgIpc) is 2.79. The number of phenols is 1. The lowest BCUT2D eigenvalue weighted by molar-refractivity contribution is 0.0957. The monoisotopic (exact) mass is 364 g/mol. The summed E-state index contributed by atoms with van der Waals surface area (Å²) in [6.07, 6.45) is 2.07. The fourth-order valence-corrected chi connectivity index (χ4v) is 3.90. The molecule has 27 heavy (non-hydrogen) atoms. The Hall–Kier alpha value is -3.35. The number of carbonyl (C=O) groups excluding carboxylic acids is 2. The molecule has 0 atom stereocenters. The minimum atomic E-state index is -0.284. The third-order valence-electron chi connectivity index (χ3n) is 5.22. The maximum Gasteiger partial charge on any atom is 0.255 e. The molecule has 1 aliphatic heterocycles. The number of aryl methyl sites for hydroxylation is 1. The molecule has 0 bridgehead atoms. The van der Waals surface area contributed by atoms with Gasteiger partial charge in [-0.3, -0.25) is 14.2 Å². The van der Waals surface area contributed by atoms with Gasteiger partial charge in [0.1, 0.15) is 17.2 Å². The number of nitrogens with zero attached hydrogens (tertiary/aromatic N) is 2. The molecule has 138 valence electrons. The number of nitrogen functional groups attached to an aromatic ring is 1. The molecule has 3 aromatic rings. The number of amides is 1. The van der Waals surface area contributed by atoms with Crippen LogP contribution < -0.4 is 11.1 Å². The summed E-state index contributed by atoms with van der Waals surface area (Å²) in [6, 6.07) is 3.42. The van der Waals surface area contributed by atoms with Crippen LogP contribution in [0.2, 0.25) is 0 Å². The second-order valence-electron chi connectivity index (χ2n) is 6.88. The first-order valence-electron chi connectivity index (χ1n) is 8.73. The van der Waals surface area contributed by atoms with Crippen LogP contribution in [0, 0.1) is 13.8 Å². The molecule has 4 N–H and O–H groups in total. The van der Waals surface area contributed by atoms with Gasteiger partial charge in [0.15, 0.2) is 5.78 Å². The second kappa shape index (κ2) is 5.84. The Morgan fingerprint density at radius 2 is 2.07 bits per heavy atom. The molecule has 0 radical (unpaired) electrons. The Kier molecular flexibility index (Phi) is 3.69. The number of ketones is 1. The third kappa shape index (κ3) is 2.31. The van der Waals surface area contributed by atoms with Crippen LogP contribution >= 0.6 is 0 Å². The highest BCUT2D eigenvalue weighted by Gasteiger charge is 2.30. The number of benzene rings is 1. The molecule has 1 aromatic carbocycles. The number of carbonyl (C=O) groups is 2. The van der Waals surface area contributed by atoms with E-state index in [1.165, 1.54) is 6.92 Å². The Bertz CT molecular complexity index is 1140. The predicted molar refractivity (Wildman–Crippen MR) is 103 cm³/mol. The molecular weight excluding hydrogens is 344 g/mol. The normalized spacial score (nSPS) is 13.5. The first kappa shape index (κ1) is 17.1. The lowest BCUT2D eigenvalue weighted by atomic mass is 9.99. The lowest BCUT2D eigenvalue weighted by Crippen LogP contribution is -2.24.